The first-order valence-electron chi connectivity index (χ1n) is 12.1. The zero-order chi connectivity index (χ0) is 26.1. The Morgan fingerprint density at radius 2 is 1.86 bits per heavy atom. The van der Waals surface area contributed by atoms with Crippen LogP contribution >= 0.6 is 0 Å². The van der Waals surface area contributed by atoms with E-state index in [0.717, 1.165) is 31.9 Å². The van der Waals surface area contributed by atoms with Crippen LogP contribution in [0.15, 0.2) is 41.3 Å². The van der Waals surface area contributed by atoms with E-state index in [1.165, 1.54) is 28.7 Å². The second-order valence-electron chi connectivity index (χ2n) is 9.21. The Balaban J connectivity index is 1.56. The van der Waals surface area contributed by atoms with Gasteiger partial charge < -0.3 is 30.4 Å². The minimum atomic E-state index is -0.809. The molecule has 0 bridgehead atoms. The van der Waals surface area contributed by atoms with Gasteiger partial charge in [-0.05, 0) is 30.8 Å². The smallest absolute Gasteiger partial charge is 0.301 e. The Morgan fingerprint density at radius 1 is 1.14 bits per heavy atom. The molecular formula is C25H28FN7O4. The molecule has 12 heteroatoms. The summed E-state index contributed by atoms with van der Waals surface area (Å²) in [6, 6.07) is 7.40. The van der Waals surface area contributed by atoms with E-state index in [1.54, 1.807) is 11.1 Å². The number of amides is 2. The fraction of sp³-hybridized carbons (Fsp3) is 0.360. The fourth-order valence-electron chi connectivity index (χ4n) is 4.52. The Bertz CT molecular complexity index is 1400. The lowest BCUT2D eigenvalue weighted by Crippen LogP contribution is -2.49. The molecule has 2 amide bonds. The number of nitrogens with zero attached hydrogens (tertiary/aromatic N) is 5. The Morgan fingerprint density at radius 3 is 2.57 bits per heavy atom. The molecule has 0 unspecified atom stereocenters. The fourth-order valence-corrected chi connectivity index (χ4v) is 4.52. The van der Waals surface area contributed by atoms with Crippen LogP contribution in [0, 0.1) is 5.82 Å². The Hall–Kier alpha value is -4.03. The molecule has 1 aromatic carbocycles. The predicted octanol–water partition coefficient (Wildman–Crippen LogP) is 0.157. The molecule has 2 fully saturated rings. The third kappa shape index (κ3) is 4.98. The molecule has 4 heterocycles. The third-order valence-electron chi connectivity index (χ3n) is 6.70. The lowest BCUT2D eigenvalue weighted by Gasteiger charge is -2.35. The van der Waals surface area contributed by atoms with Crippen LogP contribution in [0.1, 0.15) is 16.1 Å². The summed E-state index contributed by atoms with van der Waals surface area (Å²) in [4.78, 5) is 49.2. The second kappa shape index (κ2) is 10.1. The summed E-state index contributed by atoms with van der Waals surface area (Å²) in [5.41, 5.74) is 0.602. The van der Waals surface area contributed by atoms with Crippen LogP contribution < -0.4 is 26.0 Å². The van der Waals surface area contributed by atoms with Crippen LogP contribution in [0.25, 0.3) is 5.65 Å². The predicted molar refractivity (Wildman–Crippen MR) is 136 cm³/mol. The monoisotopic (exact) mass is 509 g/mol. The number of pyridine rings is 1. The third-order valence-corrected chi connectivity index (χ3v) is 6.70. The first-order valence-corrected chi connectivity index (χ1v) is 12.1. The highest BCUT2D eigenvalue weighted by atomic mass is 19.1. The number of likely N-dealkylation sites (N-methyl/N-ethyl adjacent to an activating group) is 1. The summed E-state index contributed by atoms with van der Waals surface area (Å²) in [6.45, 7) is 4.25. The van der Waals surface area contributed by atoms with Crippen molar-refractivity contribution in [2.24, 2.45) is 0 Å². The molecule has 3 aromatic rings. The molecule has 194 valence electrons. The number of piperazine rings is 2. The number of nitrogens with one attached hydrogen (secondary N) is 2. The minimum absolute atomic E-state index is 0.0467. The van der Waals surface area contributed by atoms with E-state index in [9.17, 15) is 23.9 Å². The number of hydrogen-bond donors (Lipinski definition) is 3. The van der Waals surface area contributed by atoms with E-state index in [4.69, 9.17) is 0 Å². The van der Waals surface area contributed by atoms with Crippen LogP contribution in [-0.4, -0.2) is 84.1 Å². The highest BCUT2D eigenvalue weighted by Crippen LogP contribution is 2.29. The zero-order valence-electron chi connectivity index (χ0n) is 20.4. The van der Waals surface area contributed by atoms with Gasteiger partial charge in [0.15, 0.2) is 11.3 Å². The van der Waals surface area contributed by atoms with Gasteiger partial charge in [0.2, 0.25) is 11.7 Å². The number of rotatable bonds is 5. The molecule has 0 atom stereocenters. The first-order chi connectivity index (χ1) is 17.8. The quantitative estimate of drug-likeness (QED) is 0.445. The maximum absolute atomic E-state index is 13.3. The van der Waals surface area contributed by atoms with Crippen molar-refractivity contribution in [2.45, 2.75) is 6.54 Å². The van der Waals surface area contributed by atoms with Crippen molar-refractivity contribution >= 4 is 28.8 Å². The lowest BCUT2D eigenvalue weighted by molar-refractivity contribution is -0.118. The van der Waals surface area contributed by atoms with Crippen molar-refractivity contribution < 1.29 is 19.1 Å². The van der Waals surface area contributed by atoms with Gasteiger partial charge in [0.1, 0.15) is 5.82 Å². The van der Waals surface area contributed by atoms with Crippen molar-refractivity contribution in [3.05, 3.63) is 64.0 Å². The van der Waals surface area contributed by atoms with Gasteiger partial charge in [-0.15, -0.1) is 0 Å². The zero-order valence-corrected chi connectivity index (χ0v) is 20.4. The first kappa shape index (κ1) is 24.7. The van der Waals surface area contributed by atoms with Gasteiger partial charge in [0.05, 0.1) is 17.9 Å². The molecule has 0 radical (unpaired) electrons. The number of aromatic hydroxyl groups is 1. The molecule has 0 spiro atoms. The van der Waals surface area contributed by atoms with Gasteiger partial charge in [-0.3, -0.25) is 18.8 Å². The summed E-state index contributed by atoms with van der Waals surface area (Å²) in [5.74, 6) is -2.14. The van der Waals surface area contributed by atoms with Crippen molar-refractivity contribution in [1.29, 1.82) is 0 Å². The lowest BCUT2D eigenvalue weighted by atomic mass is 10.2. The summed E-state index contributed by atoms with van der Waals surface area (Å²) in [7, 11) is 2.04. The Kier molecular flexibility index (Phi) is 6.76. The standard InChI is InChI=1S/C25H28FN7O4/c1-30-8-10-31(11-9-30)18-12-19(32-7-6-27-14-20(32)34)23-29-21(22(35)25(37)33(23)15-18)24(36)28-13-16-2-4-17(26)5-3-16/h2-5,12,15,27,35H,6-11,13-14H2,1H3,(H,28,36). The molecule has 37 heavy (non-hydrogen) atoms. The number of aromatic nitrogens is 2. The van der Waals surface area contributed by atoms with E-state index in [2.05, 4.69) is 25.4 Å². The van der Waals surface area contributed by atoms with Crippen molar-refractivity contribution in [3.63, 3.8) is 0 Å². The minimum Gasteiger partial charge on any atom is -0.501 e. The average molecular weight is 510 g/mol. The van der Waals surface area contributed by atoms with E-state index in [0.29, 0.717) is 24.3 Å². The van der Waals surface area contributed by atoms with E-state index < -0.39 is 28.7 Å². The SMILES string of the molecule is CN1CCN(c2cc(N3CCNCC3=O)c3nc(C(=O)NCc4ccc(F)cc4)c(O)c(=O)n3c2)CC1. The summed E-state index contributed by atoms with van der Waals surface area (Å²) in [5, 5.41) is 16.3. The van der Waals surface area contributed by atoms with Gasteiger partial charge in [-0.2, -0.15) is 0 Å². The molecule has 3 N–H and O–H groups in total. The van der Waals surface area contributed by atoms with Gasteiger partial charge in [0.25, 0.3) is 5.91 Å². The van der Waals surface area contributed by atoms with Gasteiger partial charge >= 0.3 is 5.56 Å². The molecule has 2 saturated heterocycles. The van der Waals surface area contributed by atoms with Crippen molar-refractivity contribution in [1.82, 2.24) is 24.9 Å². The summed E-state index contributed by atoms with van der Waals surface area (Å²) < 4.78 is 14.4. The van der Waals surface area contributed by atoms with Crippen molar-refractivity contribution in [3.8, 4) is 5.75 Å². The molecule has 11 nitrogen and oxygen atoms in total. The van der Waals surface area contributed by atoms with E-state index >= 15 is 0 Å². The van der Waals surface area contributed by atoms with Gasteiger partial charge in [-0.25, -0.2) is 9.37 Å². The van der Waals surface area contributed by atoms with Gasteiger partial charge in [0, 0.05) is 52.0 Å². The molecule has 5 rings (SSSR count). The normalized spacial score (nSPS) is 16.9. The van der Waals surface area contributed by atoms with Crippen LogP contribution in [0.4, 0.5) is 15.8 Å². The highest BCUT2D eigenvalue weighted by Gasteiger charge is 2.27. The number of fused-ring (bicyclic) bond motifs is 1. The van der Waals surface area contributed by atoms with Crippen LogP contribution in [0.2, 0.25) is 0 Å². The largest absolute Gasteiger partial charge is 0.501 e. The summed E-state index contributed by atoms with van der Waals surface area (Å²) in [6.07, 6.45) is 1.59. The Labute approximate surface area is 212 Å². The maximum Gasteiger partial charge on any atom is 0.301 e. The van der Waals surface area contributed by atoms with Crippen LogP contribution in [-0.2, 0) is 11.3 Å². The van der Waals surface area contributed by atoms with Gasteiger partial charge in [-0.1, -0.05) is 12.1 Å². The van der Waals surface area contributed by atoms with Crippen molar-refractivity contribution in [2.75, 3.05) is 62.7 Å². The molecular weight excluding hydrogens is 481 g/mol. The topological polar surface area (TPSA) is 123 Å². The second-order valence-corrected chi connectivity index (χ2v) is 9.21. The molecule has 0 aliphatic carbocycles. The molecule has 2 aliphatic heterocycles. The number of carbonyl (C=O) groups is 2. The number of carbonyl (C=O) groups excluding carboxylic acids is 2. The summed E-state index contributed by atoms with van der Waals surface area (Å²) >= 11 is 0. The molecule has 0 saturated carbocycles. The van der Waals surface area contributed by atoms with E-state index in [1.807, 2.05) is 13.1 Å². The number of hydrogen-bond acceptors (Lipinski definition) is 8. The maximum atomic E-state index is 13.3. The number of anilines is 2. The van der Waals surface area contributed by atoms with Crippen LogP contribution in [0.3, 0.4) is 0 Å². The number of benzene rings is 1. The van der Waals surface area contributed by atoms with Crippen LogP contribution in [0.5, 0.6) is 5.75 Å². The van der Waals surface area contributed by atoms with E-state index in [-0.39, 0.29) is 24.6 Å². The molecule has 2 aliphatic rings. The molecule has 2 aromatic heterocycles. The number of halogens is 1. The average Bonchev–Trinajstić information content (AvgIpc) is 2.90. The highest BCUT2D eigenvalue weighted by molar-refractivity contribution is 6.00.